The van der Waals surface area contributed by atoms with Crippen LogP contribution < -0.4 is 10.7 Å². The first-order valence-corrected chi connectivity index (χ1v) is 9.50. The van der Waals surface area contributed by atoms with E-state index in [1.807, 2.05) is 61.5 Å². The minimum absolute atomic E-state index is 0.0519. The van der Waals surface area contributed by atoms with Crippen molar-refractivity contribution in [2.45, 2.75) is 13.5 Å². The zero-order valence-electron chi connectivity index (χ0n) is 15.9. The SMILES string of the molecule is Cc1nn(-c2cccc(NCc3ccccc3)c2)c2oc3ccccc3c(=O)c12. The number of anilines is 1. The van der Waals surface area contributed by atoms with Gasteiger partial charge < -0.3 is 9.73 Å². The van der Waals surface area contributed by atoms with Crippen LogP contribution in [-0.4, -0.2) is 9.78 Å². The Balaban J connectivity index is 1.58. The molecule has 0 atom stereocenters. The van der Waals surface area contributed by atoms with E-state index in [9.17, 15) is 4.79 Å². The van der Waals surface area contributed by atoms with Gasteiger partial charge in [0.05, 0.1) is 16.8 Å². The van der Waals surface area contributed by atoms with E-state index in [1.165, 1.54) is 5.56 Å². The number of nitrogens with one attached hydrogen (secondary N) is 1. The Morgan fingerprint density at radius 2 is 1.76 bits per heavy atom. The van der Waals surface area contributed by atoms with Gasteiger partial charge in [0.25, 0.3) is 0 Å². The number of aryl methyl sites for hydroxylation is 1. The monoisotopic (exact) mass is 381 g/mol. The third-order valence-corrected chi connectivity index (χ3v) is 5.01. The summed E-state index contributed by atoms with van der Waals surface area (Å²) in [7, 11) is 0. The molecule has 5 rings (SSSR count). The normalized spacial score (nSPS) is 11.2. The van der Waals surface area contributed by atoms with Crippen molar-refractivity contribution in [1.29, 1.82) is 0 Å². The molecular weight excluding hydrogens is 362 g/mol. The fraction of sp³-hybridized carbons (Fsp3) is 0.0833. The van der Waals surface area contributed by atoms with Crippen molar-refractivity contribution in [3.8, 4) is 5.69 Å². The number of aromatic nitrogens is 2. The van der Waals surface area contributed by atoms with Gasteiger partial charge in [-0.25, -0.2) is 0 Å². The summed E-state index contributed by atoms with van der Waals surface area (Å²) in [5.74, 6) is 0. The lowest BCUT2D eigenvalue weighted by atomic mass is 10.2. The molecule has 1 N–H and O–H groups in total. The van der Waals surface area contributed by atoms with Gasteiger partial charge >= 0.3 is 0 Å². The molecule has 0 aliphatic rings. The zero-order valence-corrected chi connectivity index (χ0v) is 15.9. The largest absolute Gasteiger partial charge is 0.437 e. The predicted molar refractivity (Wildman–Crippen MR) is 116 cm³/mol. The number of nitrogens with zero attached hydrogens (tertiary/aromatic N) is 2. The third kappa shape index (κ3) is 3.06. The summed E-state index contributed by atoms with van der Waals surface area (Å²) >= 11 is 0. The van der Waals surface area contributed by atoms with Crippen molar-refractivity contribution in [2.75, 3.05) is 5.32 Å². The molecule has 142 valence electrons. The van der Waals surface area contributed by atoms with E-state index >= 15 is 0 Å². The number of para-hydroxylation sites is 1. The highest BCUT2D eigenvalue weighted by Gasteiger charge is 2.17. The highest BCUT2D eigenvalue weighted by Crippen LogP contribution is 2.25. The Hall–Kier alpha value is -3.86. The van der Waals surface area contributed by atoms with Crippen molar-refractivity contribution < 1.29 is 4.42 Å². The van der Waals surface area contributed by atoms with Gasteiger partial charge in [-0.2, -0.15) is 9.78 Å². The van der Waals surface area contributed by atoms with Crippen LogP contribution in [0.25, 0.3) is 27.8 Å². The van der Waals surface area contributed by atoms with E-state index in [2.05, 4.69) is 22.5 Å². The second-order valence-corrected chi connectivity index (χ2v) is 6.99. The summed E-state index contributed by atoms with van der Waals surface area (Å²) < 4.78 is 7.78. The van der Waals surface area contributed by atoms with Crippen LogP contribution in [0.1, 0.15) is 11.3 Å². The van der Waals surface area contributed by atoms with Crippen molar-refractivity contribution in [3.05, 3.63) is 100 Å². The fourth-order valence-corrected chi connectivity index (χ4v) is 3.57. The smallest absolute Gasteiger partial charge is 0.234 e. The van der Waals surface area contributed by atoms with E-state index in [0.29, 0.717) is 27.8 Å². The first-order chi connectivity index (χ1) is 14.2. The summed E-state index contributed by atoms with van der Waals surface area (Å²) in [6, 6.07) is 25.4. The third-order valence-electron chi connectivity index (χ3n) is 5.01. The van der Waals surface area contributed by atoms with Crippen molar-refractivity contribution in [2.24, 2.45) is 0 Å². The lowest BCUT2D eigenvalue weighted by Gasteiger charge is -2.09. The van der Waals surface area contributed by atoms with Crippen molar-refractivity contribution in [3.63, 3.8) is 0 Å². The van der Waals surface area contributed by atoms with Gasteiger partial charge in [-0.05, 0) is 42.8 Å². The Kier molecular flexibility index (Phi) is 4.13. The molecule has 5 nitrogen and oxygen atoms in total. The minimum atomic E-state index is -0.0519. The molecule has 0 spiro atoms. The summed E-state index contributed by atoms with van der Waals surface area (Å²) in [6.07, 6.45) is 0. The highest BCUT2D eigenvalue weighted by molar-refractivity contribution is 5.90. The molecule has 2 heterocycles. The average Bonchev–Trinajstić information content (AvgIpc) is 3.10. The highest BCUT2D eigenvalue weighted by atomic mass is 16.3. The van der Waals surface area contributed by atoms with Crippen molar-refractivity contribution >= 4 is 27.8 Å². The Morgan fingerprint density at radius 3 is 2.62 bits per heavy atom. The Bertz CT molecular complexity index is 1380. The van der Waals surface area contributed by atoms with Crippen LogP contribution in [0, 0.1) is 6.92 Å². The van der Waals surface area contributed by atoms with Gasteiger partial charge in [0.2, 0.25) is 11.1 Å². The second-order valence-electron chi connectivity index (χ2n) is 6.99. The molecule has 0 fully saturated rings. The summed E-state index contributed by atoms with van der Waals surface area (Å²) in [4.78, 5) is 13.0. The molecule has 0 radical (unpaired) electrons. The molecule has 0 aliphatic heterocycles. The summed E-state index contributed by atoms with van der Waals surface area (Å²) in [6.45, 7) is 2.56. The average molecular weight is 381 g/mol. The van der Waals surface area contributed by atoms with Gasteiger partial charge in [0.15, 0.2) is 0 Å². The van der Waals surface area contributed by atoms with E-state index in [4.69, 9.17) is 4.42 Å². The summed E-state index contributed by atoms with van der Waals surface area (Å²) in [5.41, 5.74) is 4.63. The van der Waals surface area contributed by atoms with E-state index in [0.717, 1.165) is 17.9 Å². The molecule has 0 aliphatic carbocycles. The predicted octanol–water partition coefficient (Wildman–Crippen LogP) is 5.05. The van der Waals surface area contributed by atoms with Gasteiger partial charge in [0, 0.05) is 12.2 Å². The summed E-state index contributed by atoms with van der Waals surface area (Å²) in [5, 5.41) is 9.12. The number of hydrogen-bond donors (Lipinski definition) is 1. The van der Waals surface area contributed by atoms with Gasteiger partial charge in [0.1, 0.15) is 11.0 Å². The molecule has 5 heteroatoms. The Morgan fingerprint density at radius 1 is 0.966 bits per heavy atom. The van der Waals surface area contributed by atoms with E-state index < -0.39 is 0 Å². The maximum absolute atomic E-state index is 13.0. The fourth-order valence-electron chi connectivity index (χ4n) is 3.57. The van der Waals surface area contributed by atoms with Crippen molar-refractivity contribution in [1.82, 2.24) is 9.78 Å². The van der Waals surface area contributed by atoms with Gasteiger partial charge in [-0.1, -0.05) is 48.5 Å². The molecule has 0 bridgehead atoms. The van der Waals surface area contributed by atoms with Crippen LogP contribution in [0.2, 0.25) is 0 Å². The molecule has 5 aromatic rings. The van der Waals surface area contributed by atoms with Crippen LogP contribution in [0.3, 0.4) is 0 Å². The molecule has 3 aromatic carbocycles. The molecule has 0 amide bonds. The molecular formula is C24H19N3O2. The standard InChI is InChI=1S/C24H19N3O2/c1-16-22-23(28)20-12-5-6-13-21(20)29-24(22)27(26-16)19-11-7-10-18(14-19)25-15-17-8-3-2-4-9-17/h2-14,25H,15H2,1H3. The van der Waals surface area contributed by atoms with Crippen LogP contribution in [0.15, 0.2) is 88.1 Å². The molecule has 2 aromatic heterocycles. The van der Waals surface area contributed by atoms with E-state index in [-0.39, 0.29) is 5.43 Å². The number of benzene rings is 3. The van der Waals surface area contributed by atoms with Crippen LogP contribution in [-0.2, 0) is 6.54 Å². The van der Waals surface area contributed by atoms with Crippen LogP contribution in [0.4, 0.5) is 5.69 Å². The van der Waals surface area contributed by atoms with Gasteiger partial charge in [-0.15, -0.1) is 0 Å². The maximum Gasteiger partial charge on any atom is 0.234 e. The first kappa shape index (κ1) is 17.3. The number of fused-ring (bicyclic) bond motifs is 2. The molecule has 0 saturated carbocycles. The molecule has 29 heavy (non-hydrogen) atoms. The second kappa shape index (κ2) is 6.95. The minimum Gasteiger partial charge on any atom is -0.437 e. The Labute approximate surface area is 167 Å². The molecule has 0 unspecified atom stereocenters. The van der Waals surface area contributed by atoms with Crippen LogP contribution in [0.5, 0.6) is 0 Å². The van der Waals surface area contributed by atoms with Gasteiger partial charge in [-0.3, -0.25) is 4.79 Å². The quantitative estimate of drug-likeness (QED) is 0.473. The zero-order chi connectivity index (χ0) is 19.8. The lowest BCUT2D eigenvalue weighted by molar-refractivity contribution is 0.621. The number of rotatable bonds is 4. The van der Waals surface area contributed by atoms with Crippen LogP contribution >= 0.6 is 0 Å². The molecule has 0 saturated heterocycles. The lowest BCUT2D eigenvalue weighted by Crippen LogP contribution is -2.03. The number of hydrogen-bond acceptors (Lipinski definition) is 4. The topological polar surface area (TPSA) is 60.1 Å². The van der Waals surface area contributed by atoms with E-state index in [1.54, 1.807) is 16.8 Å². The first-order valence-electron chi connectivity index (χ1n) is 9.50. The maximum atomic E-state index is 13.0.